The van der Waals surface area contributed by atoms with Crippen LogP contribution in [0.1, 0.15) is 51.4 Å². The predicted octanol–water partition coefficient (Wildman–Crippen LogP) is 2.81. The Hall–Kier alpha value is -2.12. The standard InChI is InChI=1S/C18H28N6/c19-9-1-5-13-23(14-6-2-10-20)17-18-24(15-7-3-11-21)16-8-4-12-22/h1-8,13-18H2. The molecule has 0 amide bonds. The van der Waals surface area contributed by atoms with Crippen LogP contribution < -0.4 is 0 Å². The minimum atomic E-state index is 0.558. The molecule has 130 valence electrons. The molecule has 0 radical (unpaired) electrons. The second-order valence-corrected chi connectivity index (χ2v) is 5.73. The fraction of sp³-hybridized carbons (Fsp3) is 0.778. The third-order valence-electron chi connectivity index (χ3n) is 3.78. The fourth-order valence-electron chi connectivity index (χ4n) is 2.48. The van der Waals surface area contributed by atoms with E-state index < -0.39 is 0 Å². The van der Waals surface area contributed by atoms with Gasteiger partial charge in [0.05, 0.1) is 24.3 Å². The molecule has 0 aliphatic heterocycles. The highest BCUT2D eigenvalue weighted by Gasteiger charge is 2.09. The van der Waals surface area contributed by atoms with E-state index in [1.807, 2.05) is 0 Å². The second-order valence-electron chi connectivity index (χ2n) is 5.73. The van der Waals surface area contributed by atoms with Crippen molar-refractivity contribution in [3.8, 4) is 24.3 Å². The molecule has 0 bridgehead atoms. The lowest BCUT2D eigenvalue weighted by Gasteiger charge is -2.27. The van der Waals surface area contributed by atoms with Gasteiger partial charge in [-0.15, -0.1) is 0 Å². The average molecular weight is 328 g/mol. The summed E-state index contributed by atoms with van der Waals surface area (Å²) in [5, 5.41) is 34.7. The molecule has 0 fully saturated rings. The lowest BCUT2D eigenvalue weighted by Crippen LogP contribution is -2.37. The Labute approximate surface area is 146 Å². The Kier molecular flexibility index (Phi) is 15.7. The van der Waals surface area contributed by atoms with E-state index >= 15 is 0 Å². The molecule has 6 nitrogen and oxygen atoms in total. The molecule has 0 N–H and O–H groups in total. The van der Waals surface area contributed by atoms with Gasteiger partial charge in [0.2, 0.25) is 0 Å². The van der Waals surface area contributed by atoms with Crippen LogP contribution in [0.4, 0.5) is 0 Å². The summed E-state index contributed by atoms with van der Waals surface area (Å²) >= 11 is 0. The highest BCUT2D eigenvalue weighted by Crippen LogP contribution is 2.03. The summed E-state index contributed by atoms with van der Waals surface area (Å²) in [6, 6.07) is 8.69. The van der Waals surface area contributed by atoms with Crippen LogP contribution in [-0.4, -0.2) is 49.1 Å². The van der Waals surface area contributed by atoms with Gasteiger partial charge in [-0.25, -0.2) is 0 Å². The van der Waals surface area contributed by atoms with E-state index in [2.05, 4.69) is 34.1 Å². The minimum absolute atomic E-state index is 0.558. The third kappa shape index (κ3) is 13.5. The second kappa shape index (κ2) is 17.2. The van der Waals surface area contributed by atoms with Crippen molar-refractivity contribution in [3.05, 3.63) is 0 Å². The van der Waals surface area contributed by atoms with Crippen molar-refractivity contribution in [2.45, 2.75) is 51.4 Å². The summed E-state index contributed by atoms with van der Waals surface area (Å²) in [5.41, 5.74) is 0. The van der Waals surface area contributed by atoms with Crippen LogP contribution in [0, 0.1) is 45.3 Å². The topological polar surface area (TPSA) is 102 Å². The smallest absolute Gasteiger partial charge is 0.0622 e. The average Bonchev–Trinajstić information content (AvgIpc) is 2.59. The lowest BCUT2D eigenvalue weighted by atomic mass is 10.2. The van der Waals surface area contributed by atoms with Gasteiger partial charge in [0.15, 0.2) is 0 Å². The Bertz CT molecular complexity index is 378. The minimum Gasteiger partial charge on any atom is -0.302 e. The maximum Gasteiger partial charge on any atom is 0.0622 e. The van der Waals surface area contributed by atoms with Gasteiger partial charge in [0.1, 0.15) is 0 Å². The highest BCUT2D eigenvalue weighted by atomic mass is 15.2. The van der Waals surface area contributed by atoms with E-state index in [9.17, 15) is 0 Å². The molecule has 0 rings (SSSR count). The van der Waals surface area contributed by atoms with Gasteiger partial charge in [0.25, 0.3) is 0 Å². The first-order valence-electron chi connectivity index (χ1n) is 8.71. The van der Waals surface area contributed by atoms with Gasteiger partial charge in [0, 0.05) is 38.8 Å². The molecule has 0 unspecified atom stereocenters. The van der Waals surface area contributed by atoms with Gasteiger partial charge in [-0.05, 0) is 51.9 Å². The largest absolute Gasteiger partial charge is 0.302 e. The first-order chi connectivity index (χ1) is 11.8. The molecule has 0 atom stereocenters. The zero-order valence-corrected chi connectivity index (χ0v) is 14.6. The van der Waals surface area contributed by atoms with E-state index in [1.54, 1.807) is 0 Å². The van der Waals surface area contributed by atoms with Crippen LogP contribution in [0.5, 0.6) is 0 Å². The van der Waals surface area contributed by atoms with E-state index in [1.165, 1.54) is 0 Å². The zero-order valence-electron chi connectivity index (χ0n) is 14.6. The fourth-order valence-corrected chi connectivity index (χ4v) is 2.48. The quantitative estimate of drug-likeness (QED) is 0.428. The third-order valence-corrected chi connectivity index (χ3v) is 3.78. The van der Waals surface area contributed by atoms with Gasteiger partial charge in [-0.2, -0.15) is 21.0 Å². The van der Waals surface area contributed by atoms with Gasteiger partial charge >= 0.3 is 0 Å². The molecule has 24 heavy (non-hydrogen) atoms. The summed E-state index contributed by atoms with van der Waals surface area (Å²) in [7, 11) is 0. The van der Waals surface area contributed by atoms with E-state index in [0.29, 0.717) is 25.7 Å². The Morgan fingerprint density at radius 2 is 0.667 bits per heavy atom. The predicted molar refractivity (Wildman–Crippen MR) is 92.3 cm³/mol. The molecule has 0 heterocycles. The number of hydrogen-bond acceptors (Lipinski definition) is 6. The van der Waals surface area contributed by atoms with Crippen LogP contribution in [0.2, 0.25) is 0 Å². The van der Waals surface area contributed by atoms with Gasteiger partial charge < -0.3 is 9.80 Å². The van der Waals surface area contributed by atoms with Crippen LogP contribution in [0.25, 0.3) is 0 Å². The van der Waals surface area contributed by atoms with Crippen LogP contribution in [-0.2, 0) is 0 Å². The first-order valence-corrected chi connectivity index (χ1v) is 8.71. The number of nitriles is 4. The Morgan fingerprint density at radius 3 is 0.875 bits per heavy atom. The van der Waals surface area contributed by atoms with Crippen molar-refractivity contribution in [3.63, 3.8) is 0 Å². The van der Waals surface area contributed by atoms with Crippen molar-refractivity contribution >= 4 is 0 Å². The van der Waals surface area contributed by atoms with Crippen molar-refractivity contribution in [1.29, 1.82) is 21.0 Å². The van der Waals surface area contributed by atoms with Crippen molar-refractivity contribution in [2.75, 3.05) is 39.3 Å². The summed E-state index contributed by atoms with van der Waals surface area (Å²) in [6.07, 6.45) is 5.65. The van der Waals surface area contributed by atoms with Crippen LogP contribution in [0.3, 0.4) is 0 Å². The molecule has 0 aromatic carbocycles. The van der Waals surface area contributed by atoms with Crippen LogP contribution >= 0.6 is 0 Å². The monoisotopic (exact) mass is 328 g/mol. The van der Waals surface area contributed by atoms with E-state index in [0.717, 1.165) is 65.0 Å². The molecule has 0 aromatic rings. The maximum absolute atomic E-state index is 8.68. The number of hydrogen-bond donors (Lipinski definition) is 0. The summed E-state index contributed by atoms with van der Waals surface area (Å²) in [6.45, 7) is 5.31. The first kappa shape index (κ1) is 21.9. The maximum atomic E-state index is 8.68. The highest BCUT2D eigenvalue weighted by molar-refractivity contribution is 4.75. The molecular weight excluding hydrogens is 300 g/mol. The van der Waals surface area contributed by atoms with Gasteiger partial charge in [-0.3, -0.25) is 0 Å². The molecule has 6 heteroatoms. The Morgan fingerprint density at radius 1 is 0.417 bits per heavy atom. The number of rotatable bonds is 15. The molecular formula is C18H28N6. The molecule has 0 spiro atoms. The zero-order chi connectivity index (χ0) is 17.9. The summed E-state index contributed by atoms with van der Waals surface area (Å²) in [4.78, 5) is 4.63. The SMILES string of the molecule is N#CCCCN(CCCC#N)CCN(CCCC#N)CCCC#N. The van der Waals surface area contributed by atoms with Crippen molar-refractivity contribution in [2.24, 2.45) is 0 Å². The summed E-state index contributed by atoms with van der Waals surface area (Å²) in [5.74, 6) is 0. The number of nitrogens with zero attached hydrogens (tertiary/aromatic N) is 6. The molecule has 0 aliphatic carbocycles. The normalized spacial score (nSPS) is 10.1. The molecule has 0 saturated carbocycles. The van der Waals surface area contributed by atoms with Crippen LogP contribution in [0.15, 0.2) is 0 Å². The number of unbranched alkanes of at least 4 members (excludes halogenated alkanes) is 4. The molecule has 0 aromatic heterocycles. The van der Waals surface area contributed by atoms with Crippen molar-refractivity contribution < 1.29 is 0 Å². The lowest BCUT2D eigenvalue weighted by molar-refractivity contribution is 0.199. The van der Waals surface area contributed by atoms with E-state index in [4.69, 9.17) is 21.0 Å². The molecule has 0 saturated heterocycles. The molecule has 0 aliphatic rings. The Balaban J connectivity index is 4.33. The summed E-state index contributed by atoms with van der Waals surface area (Å²) < 4.78 is 0. The van der Waals surface area contributed by atoms with Crippen molar-refractivity contribution in [1.82, 2.24) is 9.80 Å². The van der Waals surface area contributed by atoms with E-state index in [-0.39, 0.29) is 0 Å². The van der Waals surface area contributed by atoms with Gasteiger partial charge in [-0.1, -0.05) is 0 Å².